The predicted octanol–water partition coefficient (Wildman–Crippen LogP) is -7.29. The summed E-state index contributed by atoms with van der Waals surface area (Å²) in [5.74, 6) is -1.14. The smallest absolute Gasteiger partial charge is 0.314 e. The molecule has 9 fully saturated rings. The maximum Gasteiger partial charge on any atom is 0.314 e. The average Bonchev–Trinajstić information content (AvgIpc) is 3.69. The predicted molar refractivity (Wildman–Crippen MR) is 252 cm³/mol. The molecule has 4 aliphatic carbocycles. The van der Waals surface area contributed by atoms with Gasteiger partial charge in [0.25, 0.3) is 0 Å². The molecule has 78 heavy (non-hydrogen) atoms. The number of carbonyl (C=O) groups excluding carboxylic acids is 1. The second-order valence-corrected chi connectivity index (χ2v) is 23.6. The standard InChI is InChI=1S/C50H80O28/c1-18-11-49-9-5-24-47(2,7-4-8-48(24,3)46(68)77-44-39(34(64)29(59)22(15-54)72-44)75-42-36(66)32(62)27(57)20(13-52)70-42)25(49)6-10-50(18,17-49)78-45-40(76-43-37(67)33(63)28(58)21(14-53)71-43)38(30(60)23(16-55)73-45)74-41-35(65)31(61)26(56)19(12-51)69-41/h19-45,51-67H,1,4-17H2,2-3H3/t19?,20?,21?,22?,23?,24?,25?,26?,27-,28?,29-,30?,31?,32+,33?,34+,35?,36+,37?,38?,39?,40?,41?,42?,43?,44+,45?,47-,48-,49-,50+/m1/s1. The van der Waals surface area contributed by atoms with Crippen molar-refractivity contribution < 1.29 is 139 Å². The number of hydrogen-bond acceptors (Lipinski definition) is 28. The van der Waals surface area contributed by atoms with Crippen LogP contribution >= 0.6 is 0 Å². The molecule has 0 aromatic carbocycles. The molecule has 21 unspecified atom stereocenters. The number of carbonyl (C=O) groups is 1. The van der Waals surface area contributed by atoms with Crippen LogP contribution in [0.25, 0.3) is 0 Å². The summed E-state index contributed by atoms with van der Waals surface area (Å²) in [5.41, 5.74) is -2.81. The average molecular weight is 1130 g/mol. The topological polar surface area (TPSA) is 453 Å². The van der Waals surface area contributed by atoms with Crippen molar-refractivity contribution in [2.45, 2.75) is 231 Å². The first-order valence-electron chi connectivity index (χ1n) is 26.9. The first-order chi connectivity index (χ1) is 36.9. The van der Waals surface area contributed by atoms with Crippen LogP contribution in [0.5, 0.6) is 0 Å². The highest BCUT2D eigenvalue weighted by atomic mass is 16.8. The van der Waals surface area contributed by atoms with Crippen LogP contribution in [0.3, 0.4) is 0 Å². The highest BCUT2D eigenvalue weighted by Gasteiger charge is 2.70. The van der Waals surface area contributed by atoms with E-state index in [1.807, 2.05) is 0 Å². The highest BCUT2D eigenvalue weighted by Crippen LogP contribution is 2.74. The zero-order chi connectivity index (χ0) is 56.7. The summed E-state index contributed by atoms with van der Waals surface area (Å²) in [5, 5.41) is 181. The zero-order valence-electron chi connectivity index (χ0n) is 43.3. The lowest BCUT2D eigenvalue weighted by Gasteiger charge is -2.64. The van der Waals surface area contributed by atoms with Crippen molar-refractivity contribution >= 4 is 5.97 Å². The Bertz CT molecular complexity index is 2070. The minimum absolute atomic E-state index is 0.0705. The van der Waals surface area contributed by atoms with Crippen LogP contribution in [0, 0.1) is 28.1 Å². The van der Waals surface area contributed by atoms with Gasteiger partial charge in [-0.2, -0.15) is 0 Å². The van der Waals surface area contributed by atoms with Crippen molar-refractivity contribution in [2.24, 2.45) is 28.1 Å². The van der Waals surface area contributed by atoms with E-state index in [1.165, 1.54) is 0 Å². The molecule has 5 aliphatic heterocycles. The Morgan fingerprint density at radius 3 is 1.41 bits per heavy atom. The highest BCUT2D eigenvalue weighted by molar-refractivity contribution is 5.77. The molecule has 0 amide bonds. The van der Waals surface area contributed by atoms with E-state index in [0.29, 0.717) is 63.4 Å². The zero-order valence-corrected chi connectivity index (χ0v) is 43.3. The molecule has 448 valence electrons. The van der Waals surface area contributed by atoms with E-state index in [0.717, 1.165) is 0 Å². The number of aliphatic hydroxyl groups is 17. The van der Waals surface area contributed by atoms with Gasteiger partial charge in [-0.1, -0.05) is 19.9 Å². The van der Waals surface area contributed by atoms with Gasteiger partial charge in [0.2, 0.25) is 6.29 Å². The molecule has 4 saturated carbocycles. The fraction of sp³-hybridized carbons (Fsp3) is 0.940. The Hall–Kier alpha value is -1.83. The molecule has 9 aliphatic rings. The van der Waals surface area contributed by atoms with Gasteiger partial charge in [-0.25, -0.2) is 0 Å². The number of aliphatic hydroxyl groups excluding tert-OH is 17. The Labute approximate surface area is 448 Å². The Kier molecular flexibility index (Phi) is 18.2. The van der Waals surface area contributed by atoms with Crippen molar-refractivity contribution in [3.63, 3.8) is 0 Å². The second kappa shape index (κ2) is 23.3. The Morgan fingerprint density at radius 1 is 0.487 bits per heavy atom. The monoisotopic (exact) mass is 1130 g/mol. The lowest BCUT2D eigenvalue weighted by atomic mass is 9.41. The van der Waals surface area contributed by atoms with Gasteiger partial charge >= 0.3 is 5.97 Å². The van der Waals surface area contributed by atoms with Crippen LogP contribution in [0.15, 0.2) is 12.2 Å². The fourth-order valence-electron chi connectivity index (χ4n) is 15.0. The van der Waals surface area contributed by atoms with Crippen molar-refractivity contribution in [2.75, 3.05) is 33.0 Å². The molecule has 28 nitrogen and oxygen atoms in total. The summed E-state index contributed by atoms with van der Waals surface area (Å²) >= 11 is 0. The van der Waals surface area contributed by atoms with Gasteiger partial charge in [0.05, 0.1) is 44.1 Å². The van der Waals surface area contributed by atoms with E-state index in [1.54, 1.807) is 6.92 Å². The molecule has 17 N–H and O–H groups in total. The third kappa shape index (κ3) is 10.3. The summed E-state index contributed by atoms with van der Waals surface area (Å²) in [6.45, 7) is 4.32. The van der Waals surface area contributed by atoms with Gasteiger partial charge < -0.3 is 134 Å². The molecule has 0 aromatic rings. The van der Waals surface area contributed by atoms with Gasteiger partial charge in [-0.05, 0) is 86.5 Å². The van der Waals surface area contributed by atoms with Gasteiger partial charge in [0, 0.05) is 0 Å². The van der Waals surface area contributed by atoms with Crippen LogP contribution in [0.4, 0.5) is 0 Å². The maximum atomic E-state index is 14.9. The first-order valence-corrected chi connectivity index (χ1v) is 26.9. The lowest BCUT2D eigenvalue weighted by Crippen LogP contribution is -2.68. The Morgan fingerprint density at radius 2 is 0.910 bits per heavy atom. The Balaban J connectivity index is 0.968. The molecule has 0 aromatic heterocycles. The van der Waals surface area contributed by atoms with Crippen molar-refractivity contribution in [1.29, 1.82) is 0 Å². The summed E-state index contributed by atoms with van der Waals surface area (Å²) in [4.78, 5) is 14.9. The van der Waals surface area contributed by atoms with Gasteiger partial charge in [-0.3, -0.25) is 4.79 Å². The number of fused-ring (bicyclic) bond motifs is 3. The van der Waals surface area contributed by atoms with Gasteiger partial charge in [0.15, 0.2) is 31.3 Å². The minimum atomic E-state index is -1.99. The van der Waals surface area contributed by atoms with E-state index in [-0.39, 0.29) is 11.8 Å². The van der Waals surface area contributed by atoms with Gasteiger partial charge in [-0.15, -0.1) is 0 Å². The third-order valence-electron chi connectivity index (χ3n) is 19.2. The summed E-state index contributed by atoms with van der Waals surface area (Å²) in [7, 11) is 0. The minimum Gasteiger partial charge on any atom is -0.432 e. The van der Waals surface area contributed by atoms with E-state index in [2.05, 4.69) is 13.5 Å². The third-order valence-corrected chi connectivity index (χ3v) is 19.2. The lowest BCUT2D eigenvalue weighted by molar-refractivity contribution is -0.400. The van der Waals surface area contributed by atoms with Gasteiger partial charge in [0.1, 0.15) is 116 Å². The summed E-state index contributed by atoms with van der Waals surface area (Å²) in [6.07, 6.45) is -39.9. The molecule has 0 radical (unpaired) electrons. The maximum absolute atomic E-state index is 14.9. The number of rotatable bonds is 15. The SMILES string of the molecule is C=C1C[C@@]23CCC4[C@@](C)(CCC[C@@]4(C)C(=O)O[C@@H]4OC(CO)[C@@H](O)[C@H](O)C4OC4OC(CO)[C@@H](O)[C@H](O)[C@@H]4O)C2CC[C@]1(OC1OC(CO)C(O)C(OC2OC(CO)C(O)C(O)C2O)C1OC1OC(CO)C(O)C(O)C1O)C3. The summed E-state index contributed by atoms with van der Waals surface area (Å²) < 4.78 is 60.3. The molecule has 2 bridgehead atoms. The molecule has 31 atom stereocenters. The molecule has 9 rings (SSSR count). The van der Waals surface area contributed by atoms with Crippen LogP contribution in [0.1, 0.15) is 71.6 Å². The first kappa shape index (κ1) is 60.8. The molecular formula is C50H80O28. The van der Waals surface area contributed by atoms with Crippen LogP contribution < -0.4 is 0 Å². The van der Waals surface area contributed by atoms with E-state index >= 15 is 0 Å². The fourth-order valence-corrected chi connectivity index (χ4v) is 15.0. The largest absolute Gasteiger partial charge is 0.432 e. The molecular weight excluding hydrogens is 1050 g/mol. The van der Waals surface area contributed by atoms with Crippen molar-refractivity contribution in [3.05, 3.63) is 12.2 Å². The number of hydrogen-bond donors (Lipinski definition) is 17. The molecule has 5 saturated heterocycles. The normalized spacial score (nSPS) is 54.5. The molecule has 5 heterocycles. The molecule has 1 spiro atoms. The van der Waals surface area contributed by atoms with Crippen LogP contribution in [0.2, 0.25) is 0 Å². The number of esters is 1. The van der Waals surface area contributed by atoms with E-state index in [4.69, 9.17) is 47.4 Å². The number of ether oxygens (including phenoxy) is 10. The van der Waals surface area contributed by atoms with Crippen molar-refractivity contribution in [1.82, 2.24) is 0 Å². The van der Waals surface area contributed by atoms with Crippen molar-refractivity contribution in [3.8, 4) is 0 Å². The quantitative estimate of drug-likeness (QED) is 0.0411. The van der Waals surface area contributed by atoms with Crippen LogP contribution in [-0.2, 0) is 52.2 Å². The second-order valence-electron chi connectivity index (χ2n) is 23.6. The van der Waals surface area contributed by atoms with Crippen LogP contribution in [-0.4, -0.2) is 285 Å². The van der Waals surface area contributed by atoms with E-state index in [9.17, 15) is 91.6 Å². The molecule has 28 heteroatoms. The summed E-state index contributed by atoms with van der Waals surface area (Å²) in [6, 6.07) is 0. The van der Waals surface area contributed by atoms with E-state index < -0.39 is 214 Å².